The number of guanidine groups is 1. The minimum Gasteiger partial charge on any atom is -0.318 e. The smallest absolute Gasteiger partial charge is 0.280 e. The van der Waals surface area contributed by atoms with E-state index in [4.69, 9.17) is 9.98 Å². The molecular weight excluding hydrogens is 314 g/mol. The number of amides is 1. The summed E-state index contributed by atoms with van der Waals surface area (Å²) in [7, 11) is 1.80. The van der Waals surface area contributed by atoms with Crippen molar-refractivity contribution in [2.45, 2.75) is 33.4 Å². The molecule has 0 N–H and O–H groups in total. The van der Waals surface area contributed by atoms with Gasteiger partial charge in [0, 0.05) is 13.6 Å². The Morgan fingerprint density at radius 1 is 1.24 bits per heavy atom. The molecule has 0 bridgehead atoms. The Morgan fingerprint density at radius 3 is 2.64 bits per heavy atom. The first-order valence-corrected chi connectivity index (χ1v) is 8.71. The number of carbonyl (C=O) groups is 1. The van der Waals surface area contributed by atoms with Crippen LogP contribution in [-0.4, -0.2) is 46.0 Å². The van der Waals surface area contributed by atoms with E-state index in [1.165, 1.54) is 0 Å². The number of aromatic nitrogens is 2. The number of rotatable bonds is 3. The standard InChI is InChI=1S/C19H23N5O/c1-12(2)15-11-24-17-16(18(25)22(4)19(24)21-15)23(13(3)20-17)10-14-8-6-5-7-9-14/h5-9,12,15H,10-11H2,1-4H3. The van der Waals surface area contributed by atoms with Crippen LogP contribution in [0, 0.1) is 12.8 Å². The monoisotopic (exact) mass is 337 g/mol. The number of fused-ring (bicyclic) bond motifs is 3. The lowest BCUT2D eigenvalue weighted by Crippen LogP contribution is -2.49. The highest BCUT2D eigenvalue weighted by atomic mass is 16.2. The van der Waals surface area contributed by atoms with Crippen molar-refractivity contribution in [3.8, 4) is 0 Å². The third-order valence-electron chi connectivity index (χ3n) is 5.05. The van der Waals surface area contributed by atoms with Gasteiger partial charge in [-0.3, -0.25) is 14.6 Å². The Hall–Kier alpha value is -2.63. The molecule has 0 radical (unpaired) electrons. The fourth-order valence-corrected chi connectivity index (χ4v) is 3.49. The first-order valence-electron chi connectivity index (χ1n) is 8.71. The van der Waals surface area contributed by atoms with Crippen molar-refractivity contribution >= 4 is 17.7 Å². The molecule has 2 aliphatic heterocycles. The molecule has 6 nitrogen and oxygen atoms in total. The lowest BCUT2D eigenvalue weighted by molar-refractivity contribution is 0.0855. The first kappa shape index (κ1) is 15.9. The van der Waals surface area contributed by atoms with Gasteiger partial charge in [0.2, 0.25) is 5.96 Å². The van der Waals surface area contributed by atoms with Gasteiger partial charge in [0.05, 0.1) is 12.6 Å². The molecule has 1 amide bonds. The molecule has 0 aliphatic carbocycles. The molecule has 0 saturated heterocycles. The zero-order valence-corrected chi connectivity index (χ0v) is 15.1. The summed E-state index contributed by atoms with van der Waals surface area (Å²) in [5, 5.41) is 0. The molecule has 3 heterocycles. The predicted octanol–water partition coefficient (Wildman–Crippen LogP) is 2.53. The van der Waals surface area contributed by atoms with Gasteiger partial charge >= 0.3 is 0 Å². The van der Waals surface area contributed by atoms with Gasteiger partial charge in [-0.1, -0.05) is 44.2 Å². The Kier molecular flexibility index (Phi) is 3.63. The third kappa shape index (κ3) is 2.44. The Morgan fingerprint density at radius 2 is 1.96 bits per heavy atom. The maximum atomic E-state index is 13.0. The fourth-order valence-electron chi connectivity index (χ4n) is 3.49. The lowest BCUT2D eigenvalue weighted by atomic mass is 10.1. The van der Waals surface area contributed by atoms with Gasteiger partial charge < -0.3 is 4.57 Å². The number of aryl methyl sites for hydroxylation is 1. The normalized spacial score (nSPS) is 19.3. The summed E-state index contributed by atoms with van der Waals surface area (Å²) in [5.41, 5.74) is 1.81. The molecule has 2 aliphatic rings. The molecule has 2 aromatic rings. The van der Waals surface area contributed by atoms with Crippen molar-refractivity contribution in [3.05, 3.63) is 47.4 Å². The van der Waals surface area contributed by atoms with Crippen molar-refractivity contribution in [2.75, 3.05) is 18.5 Å². The number of hydrogen-bond acceptors (Lipinski definition) is 4. The molecule has 1 aromatic heterocycles. The highest BCUT2D eigenvalue weighted by Crippen LogP contribution is 2.33. The van der Waals surface area contributed by atoms with Crippen molar-refractivity contribution < 1.29 is 4.79 Å². The van der Waals surface area contributed by atoms with E-state index >= 15 is 0 Å². The van der Waals surface area contributed by atoms with Crippen LogP contribution in [0.5, 0.6) is 0 Å². The zero-order chi connectivity index (χ0) is 17.7. The van der Waals surface area contributed by atoms with E-state index in [0.717, 1.165) is 29.7 Å². The molecule has 1 aromatic carbocycles. The summed E-state index contributed by atoms with van der Waals surface area (Å²) in [6, 6.07) is 10.4. The number of benzene rings is 1. The second-order valence-corrected chi connectivity index (χ2v) is 7.12. The number of nitrogens with zero attached hydrogens (tertiary/aromatic N) is 5. The summed E-state index contributed by atoms with van der Waals surface area (Å²) in [6.07, 6.45) is 0. The summed E-state index contributed by atoms with van der Waals surface area (Å²) in [5.74, 6) is 2.72. The largest absolute Gasteiger partial charge is 0.318 e. The first-order chi connectivity index (χ1) is 12.0. The minimum absolute atomic E-state index is 0.0362. The Balaban J connectivity index is 1.78. The molecule has 0 spiro atoms. The molecule has 25 heavy (non-hydrogen) atoms. The van der Waals surface area contributed by atoms with Crippen LogP contribution in [0.4, 0.5) is 5.82 Å². The number of imidazole rings is 1. The maximum Gasteiger partial charge on any atom is 0.280 e. The Bertz CT molecular complexity index is 852. The Labute approximate surface area is 147 Å². The van der Waals surface area contributed by atoms with Gasteiger partial charge in [-0.2, -0.15) is 0 Å². The number of carbonyl (C=O) groups excluding carboxylic acids is 1. The van der Waals surface area contributed by atoms with Gasteiger partial charge in [0.1, 0.15) is 5.82 Å². The molecule has 130 valence electrons. The van der Waals surface area contributed by atoms with E-state index in [-0.39, 0.29) is 11.9 Å². The highest BCUT2D eigenvalue weighted by Gasteiger charge is 2.42. The topological polar surface area (TPSA) is 53.7 Å². The van der Waals surface area contributed by atoms with Crippen molar-refractivity contribution in [1.29, 1.82) is 0 Å². The van der Waals surface area contributed by atoms with E-state index in [9.17, 15) is 4.79 Å². The van der Waals surface area contributed by atoms with Gasteiger partial charge in [0.15, 0.2) is 11.5 Å². The molecule has 1 unspecified atom stereocenters. The van der Waals surface area contributed by atoms with Crippen LogP contribution < -0.4 is 4.90 Å². The van der Waals surface area contributed by atoms with Gasteiger partial charge in [0.25, 0.3) is 5.91 Å². The van der Waals surface area contributed by atoms with Crippen LogP contribution >= 0.6 is 0 Å². The van der Waals surface area contributed by atoms with Gasteiger partial charge in [-0.05, 0) is 18.4 Å². The van der Waals surface area contributed by atoms with Crippen molar-refractivity contribution in [1.82, 2.24) is 14.5 Å². The molecular formula is C19H23N5O. The van der Waals surface area contributed by atoms with Crippen molar-refractivity contribution in [2.24, 2.45) is 10.9 Å². The van der Waals surface area contributed by atoms with Crippen LogP contribution in [0.25, 0.3) is 0 Å². The average molecular weight is 337 g/mol. The van der Waals surface area contributed by atoms with E-state index in [1.54, 1.807) is 11.9 Å². The number of hydrogen-bond donors (Lipinski definition) is 0. The summed E-state index contributed by atoms with van der Waals surface area (Å²) in [6.45, 7) is 7.70. The van der Waals surface area contributed by atoms with E-state index in [2.05, 4.69) is 30.9 Å². The van der Waals surface area contributed by atoms with Gasteiger partial charge in [-0.25, -0.2) is 9.98 Å². The maximum absolute atomic E-state index is 13.0. The minimum atomic E-state index is -0.0362. The summed E-state index contributed by atoms with van der Waals surface area (Å²) < 4.78 is 2.02. The van der Waals surface area contributed by atoms with E-state index in [0.29, 0.717) is 18.2 Å². The molecule has 6 heteroatoms. The third-order valence-corrected chi connectivity index (χ3v) is 5.05. The number of anilines is 1. The molecule has 1 atom stereocenters. The van der Waals surface area contributed by atoms with E-state index < -0.39 is 0 Å². The molecule has 0 fully saturated rings. The molecule has 4 rings (SSSR count). The second-order valence-electron chi connectivity index (χ2n) is 7.12. The van der Waals surface area contributed by atoms with Crippen molar-refractivity contribution in [3.63, 3.8) is 0 Å². The average Bonchev–Trinajstić information content (AvgIpc) is 3.17. The number of aliphatic imine (C=N–C) groups is 1. The second kappa shape index (κ2) is 5.72. The van der Waals surface area contributed by atoms with Crippen LogP contribution in [0.2, 0.25) is 0 Å². The quantitative estimate of drug-likeness (QED) is 0.865. The van der Waals surface area contributed by atoms with Gasteiger partial charge in [-0.15, -0.1) is 0 Å². The summed E-state index contributed by atoms with van der Waals surface area (Å²) >= 11 is 0. The SMILES string of the molecule is Cc1nc2c(n1Cc1ccccc1)C(=O)N(C)C1=NC(C(C)C)CN12. The molecule has 0 saturated carbocycles. The van der Waals surface area contributed by atoms with Crippen LogP contribution in [-0.2, 0) is 6.54 Å². The van der Waals surface area contributed by atoms with E-state index in [1.807, 2.05) is 29.7 Å². The van der Waals surface area contributed by atoms with Crippen LogP contribution in [0.1, 0.15) is 35.7 Å². The predicted molar refractivity (Wildman–Crippen MR) is 98.0 cm³/mol. The highest BCUT2D eigenvalue weighted by molar-refractivity contribution is 6.17. The zero-order valence-electron chi connectivity index (χ0n) is 15.1. The fraction of sp³-hybridized carbons (Fsp3) is 0.421. The lowest BCUT2D eigenvalue weighted by Gasteiger charge is -2.31. The summed E-state index contributed by atoms with van der Waals surface area (Å²) in [4.78, 5) is 26.3. The van der Waals surface area contributed by atoms with Crippen LogP contribution in [0.3, 0.4) is 0 Å². The van der Waals surface area contributed by atoms with Crippen LogP contribution in [0.15, 0.2) is 35.3 Å².